The van der Waals surface area contributed by atoms with Gasteiger partial charge in [-0.15, -0.1) is 5.10 Å². The first-order valence-electron chi connectivity index (χ1n) is 6.94. The summed E-state index contributed by atoms with van der Waals surface area (Å²) in [7, 11) is 3.05. The molecule has 4 rings (SSSR count). The average molecular weight is 346 g/mol. The second-order valence-corrected chi connectivity index (χ2v) is 5.22. The van der Waals surface area contributed by atoms with Crippen LogP contribution in [-0.2, 0) is 0 Å². The van der Waals surface area contributed by atoms with Gasteiger partial charge in [-0.25, -0.2) is 9.07 Å². The number of nitrogens with one attached hydrogen (secondary N) is 2. The molecule has 24 heavy (non-hydrogen) atoms. The van der Waals surface area contributed by atoms with Crippen LogP contribution in [0.4, 0.5) is 0 Å². The van der Waals surface area contributed by atoms with E-state index in [4.69, 9.17) is 21.3 Å². The molecule has 0 atom stereocenters. The first-order chi connectivity index (χ1) is 11.7. The minimum atomic E-state index is 0.218. The third-order valence-corrected chi connectivity index (χ3v) is 3.95. The van der Waals surface area contributed by atoms with Gasteiger partial charge >= 0.3 is 6.01 Å². The van der Waals surface area contributed by atoms with Crippen LogP contribution in [0.25, 0.3) is 33.7 Å². The molecule has 122 valence electrons. The molecule has 0 aliphatic rings. The first-order valence-corrected chi connectivity index (χ1v) is 7.28. The Morgan fingerprint density at radius 1 is 1.17 bits per heavy atom. The van der Waals surface area contributed by atoms with E-state index in [0.717, 1.165) is 11.1 Å². The Morgan fingerprint density at radius 3 is 2.71 bits per heavy atom. The number of fused-ring (bicyclic) bond motifs is 1. The SMILES string of the molecule is COc1ccc2c(n1)c(-c1cn[nH]c1)c(-c1nc(OC)n[nH]1)n2Cl. The highest BCUT2D eigenvalue weighted by Crippen LogP contribution is 2.40. The van der Waals surface area contributed by atoms with Gasteiger partial charge in [-0.1, -0.05) is 0 Å². The van der Waals surface area contributed by atoms with Crippen molar-refractivity contribution in [1.82, 2.24) is 34.4 Å². The fourth-order valence-electron chi connectivity index (χ4n) is 2.54. The zero-order chi connectivity index (χ0) is 16.7. The molecule has 0 aromatic carbocycles. The molecule has 0 saturated heterocycles. The van der Waals surface area contributed by atoms with E-state index in [-0.39, 0.29) is 6.01 Å². The first kappa shape index (κ1) is 14.5. The van der Waals surface area contributed by atoms with Crippen LogP contribution in [0.2, 0.25) is 0 Å². The maximum absolute atomic E-state index is 6.54. The molecule has 0 fully saturated rings. The van der Waals surface area contributed by atoms with Crippen molar-refractivity contribution in [3.63, 3.8) is 0 Å². The smallest absolute Gasteiger partial charge is 0.335 e. The lowest BCUT2D eigenvalue weighted by Crippen LogP contribution is -1.90. The van der Waals surface area contributed by atoms with Crippen molar-refractivity contribution in [2.24, 2.45) is 0 Å². The van der Waals surface area contributed by atoms with Gasteiger partial charge in [0.25, 0.3) is 0 Å². The fraction of sp³-hybridized carbons (Fsp3) is 0.143. The maximum Gasteiger partial charge on any atom is 0.335 e. The summed E-state index contributed by atoms with van der Waals surface area (Å²) in [6, 6.07) is 3.79. The summed E-state index contributed by atoms with van der Waals surface area (Å²) in [5.41, 5.74) is 3.54. The zero-order valence-corrected chi connectivity index (χ0v) is 13.5. The van der Waals surface area contributed by atoms with Crippen LogP contribution in [-0.4, -0.2) is 48.7 Å². The van der Waals surface area contributed by atoms with Crippen LogP contribution in [0.1, 0.15) is 0 Å². The molecule has 0 aliphatic heterocycles. The second kappa shape index (κ2) is 5.53. The lowest BCUT2D eigenvalue weighted by Gasteiger charge is -2.00. The molecule has 0 saturated carbocycles. The molecular weight excluding hydrogens is 334 g/mol. The number of hydrogen-bond acceptors (Lipinski definition) is 6. The number of H-pyrrole nitrogens is 2. The summed E-state index contributed by atoms with van der Waals surface area (Å²) in [6.07, 6.45) is 3.44. The van der Waals surface area contributed by atoms with Gasteiger partial charge in [0.05, 0.1) is 25.9 Å². The third-order valence-electron chi connectivity index (χ3n) is 3.60. The summed E-state index contributed by atoms with van der Waals surface area (Å²) in [5.74, 6) is 0.936. The number of ether oxygens (including phenoxy) is 2. The Bertz CT molecular complexity index is 1010. The van der Waals surface area contributed by atoms with E-state index in [0.29, 0.717) is 28.4 Å². The molecule has 0 unspecified atom stereocenters. The second-order valence-electron chi connectivity index (χ2n) is 4.88. The molecule has 0 spiro atoms. The van der Waals surface area contributed by atoms with Gasteiger partial charge in [0, 0.05) is 35.2 Å². The highest BCUT2D eigenvalue weighted by atomic mass is 35.5. The van der Waals surface area contributed by atoms with Gasteiger partial charge in [0.1, 0.15) is 11.2 Å². The molecular formula is C14H12ClN7O2. The van der Waals surface area contributed by atoms with Gasteiger partial charge < -0.3 is 9.47 Å². The van der Waals surface area contributed by atoms with Gasteiger partial charge in [-0.05, 0) is 6.07 Å². The van der Waals surface area contributed by atoms with E-state index in [2.05, 4.69) is 30.4 Å². The largest absolute Gasteiger partial charge is 0.481 e. The molecule has 10 heteroatoms. The number of hydrogen-bond donors (Lipinski definition) is 2. The predicted octanol–water partition coefficient (Wildman–Crippen LogP) is 2.23. The molecule has 0 radical (unpaired) electrons. The number of pyridine rings is 1. The Kier molecular flexibility index (Phi) is 3.35. The van der Waals surface area contributed by atoms with E-state index in [9.17, 15) is 0 Å². The molecule has 0 aliphatic carbocycles. The molecule has 4 heterocycles. The fourth-order valence-corrected chi connectivity index (χ4v) is 2.84. The minimum Gasteiger partial charge on any atom is -0.481 e. The number of aromatic nitrogens is 7. The van der Waals surface area contributed by atoms with Gasteiger partial charge in [-0.2, -0.15) is 10.1 Å². The topological polar surface area (TPSA) is 107 Å². The number of rotatable bonds is 4. The summed E-state index contributed by atoms with van der Waals surface area (Å²) < 4.78 is 11.7. The van der Waals surface area contributed by atoms with Crippen molar-refractivity contribution < 1.29 is 9.47 Å². The summed E-state index contributed by atoms with van der Waals surface area (Å²) in [4.78, 5) is 8.81. The van der Waals surface area contributed by atoms with Crippen molar-refractivity contribution in [2.75, 3.05) is 14.2 Å². The van der Waals surface area contributed by atoms with Crippen molar-refractivity contribution in [3.8, 4) is 34.5 Å². The number of halogens is 1. The van der Waals surface area contributed by atoms with Crippen LogP contribution >= 0.6 is 11.8 Å². The van der Waals surface area contributed by atoms with Crippen molar-refractivity contribution in [3.05, 3.63) is 24.5 Å². The lowest BCUT2D eigenvalue weighted by atomic mass is 10.1. The quantitative estimate of drug-likeness (QED) is 0.587. The zero-order valence-electron chi connectivity index (χ0n) is 12.7. The van der Waals surface area contributed by atoms with Gasteiger partial charge in [0.2, 0.25) is 5.88 Å². The van der Waals surface area contributed by atoms with Crippen LogP contribution in [0, 0.1) is 0 Å². The standard InChI is InChI=1S/C14H12ClN7O2/c1-23-9-4-3-8-11(18-9)10(7-5-16-17-6-7)12(22(8)15)13-19-14(24-2)21-20-13/h3-6H,1-2H3,(H,16,17)(H,19,20,21). The Labute approximate surface area is 140 Å². The molecule has 0 amide bonds. The van der Waals surface area contributed by atoms with Gasteiger partial charge in [0.15, 0.2) is 5.82 Å². The van der Waals surface area contributed by atoms with Gasteiger partial charge in [-0.3, -0.25) is 10.2 Å². The normalized spacial score (nSPS) is 11.1. The Morgan fingerprint density at radius 2 is 2.04 bits per heavy atom. The summed E-state index contributed by atoms with van der Waals surface area (Å²) >= 11 is 6.54. The lowest BCUT2D eigenvalue weighted by molar-refractivity contribution is 0.382. The van der Waals surface area contributed by atoms with E-state index in [1.807, 2.05) is 6.07 Å². The molecule has 4 aromatic rings. The Hall–Kier alpha value is -3.07. The average Bonchev–Trinajstić information content (AvgIpc) is 3.33. The van der Waals surface area contributed by atoms with Crippen LogP contribution in [0.5, 0.6) is 11.9 Å². The van der Waals surface area contributed by atoms with Crippen molar-refractivity contribution >= 4 is 22.8 Å². The van der Waals surface area contributed by atoms with E-state index in [1.165, 1.54) is 11.2 Å². The Balaban J connectivity index is 2.07. The highest BCUT2D eigenvalue weighted by molar-refractivity contribution is 6.23. The van der Waals surface area contributed by atoms with E-state index >= 15 is 0 Å². The highest BCUT2D eigenvalue weighted by Gasteiger charge is 2.24. The molecule has 2 N–H and O–H groups in total. The molecule has 4 aromatic heterocycles. The summed E-state index contributed by atoms with van der Waals surface area (Å²) in [5, 5.41) is 13.6. The maximum atomic E-state index is 6.54. The van der Waals surface area contributed by atoms with Crippen LogP contribution in [0.15, 0.2) is 24.5 Å². The predicted molar refractivity (Wildman–Crippen MR) is 87.0 cm³/mol. The minimum absolute atomic E-state index is 0.218. The van der Waals surface area contributed by atoms with E-state index in [1.54, 1.807) is 25.6 Å². The van der Waals surface area contributed by atoms with Crippen LogP contribution < -0.4 is 9.47 Å². The number of aromatic amines is 2. The summed E-state index contributed by atoms with van der Waals surface area (Å²) in [6.45, 7) is 0. The third kappa shape index (κ3) is 2.09. The number of methoxy groups -OCH3 is 2. The molecule has 9 nitrogen and oxygen atoms in total. The van der Waals surface area contributed by atoms with Crippen molar-refractivity contribution in [2.45, 2.75) is 0 Å². The van der Waals surface area contributed by atoms with Crippen LogP contribution in [0.3, 0.4) is 0 Å². The molecule has 0 bridgehead atoms. The van der Waals surface area contributed by atoms with E-state index < -0.39 is 0 Å². The van der Waals surface area contributed by atoms with Crippen molar-refractivity contribution in [1.29, 1.82) is 0 Å². The number of nitrogens with zero attached hydrogens (tertiary/aromatic N) is 5. The monoisotopic (exact) mass is 345 g/mol.